The third kappa shape index (κ3) is 5.95. The lowest BCUT2D eigenvalue weighted by atomic mass is 10.2. The van der Waals surface area contributed by atoms with Gasteiger partial charge < -0.3 is 14.7 Å². The maximum Gasteiger partial charge on any atom is 0.0900 e. The molecule has 1 aromatic rings. The third-order valence-corrected chi connectivity index (χ3v) is 3.89. The quantitative estimate of drug-likeness (QED) is 0.906. The number of aliphatic hydroxyl groups excluding tert-OH is 1. The van der Waals surface area contributed by atoms with E-state index in [4.69, 9.17) is 4.74 Å². The number of ether oxygens (including phenoxy) is 1. The van der Waals surface area contributed by atoms with Gasteiger partial charge in [0.25, 0.3) is 0 Å². The van der Waals surface area contributed by atoms with Crippen molar-refractivity contribution < 1.29 is 9.84 Å². The zero-order valence-corrected chi connectivity index (χ0v) is 14.2. The number of rotatable bonds is 5. The highest BCUT2D eigenvalue weighted by Crippen LogP contribution is 2.16. The highest BCUT2D eigenvalue weighted by Gasteiger charge is 2.19. The maximum atomic E-state index is 10.2. The van der Waals surface area contributed by atoms with Crippen molar-refractivity contribution in [1.82, 2.24) is 4.90 Å². The van der Waals surface area contributed by atoms with Crippen LogP contribution in [-0.2, 0) is 4.74 Å². The fraction of sp³-hybridized carbons (Fsp3) is 0.667. The van der Waals surface area contributed by atoms with Crippen LogP contribution in [0.1, 0.15) is 27.2 Å². The number of para-hydroxylation sites is 1. The average Bonchev–Trinajstić information content (AvgIpc) is 2.71. The summed E-state index contributed by atoms with van der Waals surface area (Å²) in [5, 5.41) is 10.2. The molecule has 0 saturated carbocycles. The molecule has 4 nitrogen and oxygen atoms in total. The number of β-amino-alcohol motifs (C(OH)–C–C–N with tert-alkyl or cyclic N) is 1. The molecule has 1 fully saturated rings. The highest BCUT2D eigenvalue weighted by atomic mass is 16.5. The van der Waals surface area contributed by atoms with E-state index in [1.165, 1.54) is 5.69 Å². The van der Waals surface area contributed by atoms with Crippen LogP contribution in [-0.4, -0.2) is 61.0 Å². The number of aliphatic hydroxyl groups is 1. The summed E-state index contributed by atoms with van der Waals surface area (Å²) in [7, 11) is 0. The smallest absolute Gasteiger partial charge is 0.0900 e. The Morgan fingerprint density at radius 3 is 2.50 bits per heavy atom. The van der Waals surface area contributed by atoms with Crippen LogP contribution in [0.5, 0.6) is 0 Å². The molecule has 2 rings (SSSR count). The maximum absolute atomic E-state index is 10.2. The summed E-state index contributed by atoms with van der Waals surface area (Å²) in [4.78, 5) is 4.78. The van der Waals surface area contributed by atoms with Gasteiger partial charge in [-0.05, 0) is 45.9 Å². The first-order chi connectivity index (χ1) is 10.4. The molecule has 22 heavy (non-hydrogen) atoms. The van der Waals surface area contributed by atoms with Crippen LogP contribution in [0.25, 0.3) is 0 Å². The van der Waals surface area contributed by atoms with Crippen LogP contribution >= 0.6 is 0 Å². The summed E-state index contributed by atoms with van der Waals surface area (Å²) >= 11 is 0. The van der Waals surface area contributed by atoms with E-state index in [9.17, 15) is 5.11 Å². The Labute approximate surface area is 134 Å². The van der Waals surface area contributed by atoms with Crippen molar-refractivity contribution in [3.05, 3.63) is 30.3 Å². The first-order valence-corrected chi connectivity index (χ1v) is 8.28. The first-order valence-electron chi connectivity index (χ1n) is 8.28. The molecule has 4 heteroatoms. The Kier molecular flexibility index (Phi) is 6.24. The molecular weight excluding hydrogens is 276 g/mol. The second kappa shape index (κ2) is 7.95. The van der Waals surface area contributed by atoms with Crippen molar-refractivity contribution in [2.45, 2.75) is 38.9 Å². The fourth-order valence-corrected chi connectivity index (χ4v) is 2.75. The number of hydrogen-bond donors (Lipinski definition) is 1. The van der Waals surface area contributed by atoms with Gasteiger partial charge in [0.1, 0.15) is 0 Å². The second-order valence-electron chi connectivity index (χ2n) is 7.05. The van der Waals surface area contributed by atoms with Crippen molar-refractivity contribution in [2.75, 3.05) is 44.2 Å². The number of benzene rings is 1. The highest BCUT2D eigenvalue weighted by molar-refractivity contribution is 5.46. The average molecular weight is 306 g/mol. The number of hydrogen-bond acceptors (Lipinski definition) is 4. The lowest BCUT2D eigenvalue weighted by Crippen LogP contribution is -2.39. The van der Waals surface area contributed by atoms with Gasteiger partial charge in [-0.15, -0.1) is 0 Å². The minimum atomic E-state index is -0.414. The topological polar surface area (TPSA) is 35.9 Å². The molecule has 1 atom stereocenters. The molecular formula is C18H30N2O2. The molecule has 0 spiro atoms. The monoisotopic (exact) mass is 306 g/mol. The summed E-state index contributed by atoms with van der Waals surface area (Å²) in [6.07, 6.45) is 0.712. The van der Waals surface area contributed by atoms with Crippen LogP contribution in [0.2, 0.25) is 0 Å². The van der Waals surface area contributed by atoms with Crippen LogP contribution in [0.15, 0.2) is 30.3 Å². The second-order valence-corrected chi connectivity index (χ2v) is 7.05. The summed E-state index contributed by atoms with van der Waals surface area (Å²) in [6, 6.07) is 10.6. The van der Waals surface area contributed by atoms with Gasteiger partial charge in [-0.3, -0.25) is 4.90 Å². The Balaban J connectivity index is 1.78. The Bertz CT molecular complexity index is 430. The summed E-state index contributed by atoms with van der Waals surface area (Å²) in [5.74, 6) is 0. The number of nitrogens with zero attached hydrogens (tertiary/aromatic N) is 2. The van der Waals surface area contributed by atoms with E-state index in [1.54, 1.807) is 0 Å². The molecule has 1 aromatic carbocycles. The predicted octanol–water partition coefficient (Wildman–Crippen LogP) is 2.37. The van der Waals surface area contributed by atoms with Gasteiger partial charge >= 0.3 is 0 Å². The van der Waals surface area contributed by atoms with Crippen LogP contribution in [0.3, 0.4) is 0 Å². The fourth-order valence-electron chi connectivity index (χ4n) is 2.75. The standard InChI is InChI=1S/C18H30N2O2/c1-18(2,3)22-15-17(21)14-19-10-7-11-20(13-12-19)16-8-5-4-6-9-16/h4-6,8-9,17,21H,7,10-15H2,1-3H3/t17-/m1/s1. The molecule has 0 amide bonds. The van der Waals surface area contributed by atoms with Gasteiger partial charge in [0.05, 0.1) is 18.3 Å². The Morgan fingerprint density at radius 1 is 1.09 bits per heavy atom. The van der Waals surface area contributed by atoms with Gasteiger partial charge in [-0.1, -0.05) is 18.2 Å². The lowest BCUT2D eigenvalue weighted by Gasteiger charge is -2.27. The van der Waals surface area contributed by atoms with Crippen molar-refractivity contribution in [3.8, 4) is 0 Å². The summed E-state index contributed by atoms with van der Waals surface area (Å²) in [6.45, 7) is 11.3. The van der Waals surface area contributed by atoms with Crippen LogP contribution < -0.4 is 4.90 Å². The number of anilines is 1. The molecule has 1 heterocycles. The minimum Gasteiger partial charge on any atom is -0.389 e. The van der Waals surface area contributed by atoms with Crippen LogP contribution in [0.4, 0.5) is 5.69 Å². The van der Waals surface area contributed by atoms with Crippen molar-refractivity contribution >= 4 is 5.69 Å². The van der Waals surface area contributed by atoms with E-state index in [-0.39, 0.29) is 5.60 Å². The van der Waals surface area contributed by atoms with E-state index in [0.29, 0.717) is 13.2 Å². The van der Waals surface area contributed by atoms with E-state index in [1.807, 2.05) is 20.8 Å². The molecule has 1 aliphatic rings. The molecule has 0 bridgehead atoms. The van der Waals surface area contributed by atoms with Gasteiger partial charge in [0, 0.05) is 31.9 Å². The minimum absolute atomic E-state index is 0.191. The molecule has 0 aromatic heterocycles. The largest absolute Gasteiger partial charge is 0.389 e. The summed E-state index contributed by atoms with van der Waals surface area (Å²) in [5.41, 5.74) is 1.10. The normalized spacial score (nSPS) is 19.0. The van der Waals surface area contributed by atoms with E-state index < -0.39 is 6.10 Å². The third-order valence-electron chi connectivity index (χ3n) is 3.89. The molecule has 1 saturated heterocycles. The van der Waals surface area contributed by atoms with Crippen molar-refractivity contribution in [1.29, 1.82) is 0 Å². The lowest BCUT2D eigenvalue weighted by molar-refractivity contribution is -0.0557. The molecule has 0 unspecified atom stereocenters. The van der Waals surface area contributed by atoms with Crippen LogP contribution in [0, 0.1) is 0 Å². The zero-order valence-electron chi connectivity index (χ0n) is 14.2. The predicted molar refractivity (Wildman–Crippen MR) is 91.4 cm³/mol. The van der Waals surface area contributed by atoms with Gasteiger partial charge in [0.2, 0.25) is 0 Å². The Morgan fingerprint density at radius 2 is 1.82 bits per heavy atom. The van der Waals surface area contributed by atoms with Crippen molar-refractivity contribution in [3.63, 3.8) is 0 Å². The Hall–Kier alpha value is -1.10. The molecule has 1 N–H and O–H groups in total. The van der Waals surface area contributed by atoms with E-state index >= 15 is 0 Å². The first kappa shape index (κ1) is 17.3. The van der Waals surface area contributed by atoms with Crippen molar-refractivity contribution in [2.24, 2.45) is 0 Å². The molecule has 0 radical (unpaired) electrons. The van der Waals surface area contributed by atoms with Gasteiger partial charge in [-0.2, -0.15) is 0 Å². The van der Waals surface area contributed by atoms with E-state index in [0.717, 1.165) is 32.6 Å². The summed E-state index contributed by atoms with van der Waals surface area (Å²) < 4.78 is 5.67. The molecule has 0 aliphatic carbocycles. The SMILES string of the molecule is CC(C)(C)OC[C@H](O)CN1CCCN(c2ccccc2)CC1. The zero-order chi connectivity index (χ0) is 16.0. The molecule has 1 aliphatic heterocycles. The van der Waals surface area contributed by atoms with Gasteiger partial charge in [0.15, 0.2) is 0 Å². The molecule has 124 valence electrons. The van der Waals surface area contributed by atoms with E-state index in [2.05, 4.69) is 40.1 Å². The van der Waals surface area contributed by atoms with Gasteiger partial charge in [-0.25, -0.2) is 0 Å².